The monoisotopic (exact) mass is 319 g/mol. The molecule has 0 aliphatic carbocycles. The lowest BCUT2D eigenvalue weighted by Gasteiger charge is -2.29. The Kier molecular flexibility index (Phi) is 7.66. The van der Waals surface area contributed by atoms with E-state index in [0.29, 0.717) is 12.5 Å². The van der Waals surface area contributed by atoms with Gasteiger partial charge in [0.25, 0.3) is 0 Å². The van der Waals surface area contributed by atoms with Gasteiger partial charge in [-0.2, -0.15) is 0 Å². The van der Waals surface area contributed by atoms with E-state index in [0.717, 1.165) is 50.7 Å². The molecule has 6 heteroatoms. The van der Waals surface area contributed by atoms with Crippen LogP contribution < -0.4 is 16.0 Å². The zero-order chi connectivity index (χ0) is 16.3. The highest BCUT2D eigenvalue weighted by atomic mass is 16.5. The van der Waals surface area contributed by atoms with Crippen LogP contribution in [-0.4, -0.2) is 43.8 Å². The molecule has 0 amide bonds. The van der Waals surface area contributed by atoms with Crippen molar-refractivity contribution >= 4 is 11.8 Å². The van der Waals surface area contributed by atoms with Crippen LogP contribution in [0.4, 0.5) is 5.82 Å². The molecule has 0 saturated carbocycles. The summed E-state index contributed by atoms with van der Waals surface area (Å²) in [7, 11) is 0. The summed E-state index contributed by atoms with van der Waals surface area (Å²) in [5, 5.41) is 3.18. The summed E-state index contributed by atoms with van der Waals surface area (Å²) in [6, 6.07) is 4.01. The number of morpholine rings is 1. The average Bonchev–Trinajstić information content (AvgIpc) is 2.61. The third-order valence-corrected chi connectivity index (χ3v) is 3.93. The smallest absolute Gasteiger partial charge is 0.188 e. The molecule has 0 radical (unpaired) electrons. The largest absolute Gasteiger partial charge is 0.378 e. The van der Waals surface area contributed by atoms with Crippen molar-refractivity contribution < 1.29 is 4.74 Å². The van der Waals surface area contributed by atoms with Gasteiger partial charge < -0.3 is 20.7 Å². The van der Waals surface area contributed by atoms with E-state index in [-0.39, 0.29) is 0 Å². The highest BCUT2D eigenvalue weighted by Crippen LogP contribution is 2.19. The van der Waals surface area contributed by atoms with Crippen molar-refractivity contribution in [1.29, 1.82) is 0 Å². The summed E-state index contributed by atoms with van der Waals surface area (Å²) in [6.45, 7) is 6.90. The van der Waals surface area contributed by atoms with Crippen molar-refractivity contribution in [2.45, 2.75) is 39.2 Å². The van der Waals surface area contributed by atoms with Crippen LogP contribution in [0.15, 0.2) is 23.3 Å². The molecule has 0 aromatic carbocycles. The van der Waals surface area contributed by atoms with E-state index in [2.05, 4.69) is 33.2 Å². The molecule has 2 heterocycles. The number of pyridine rings is 1. The van der Waals surface area contributed by atoms with E-state index >= 15 is 0 Å². The molecule has 3 N–H and O–H groups in total. The average molecular weight is 319 g/mol. The second-order valence-corrected chi connectivity index (χ2v) is 5.77. The number of nitrogens with two attached hydrogens (primary N) is 1. The number of guanidine groups is 1. The molecule has 6 nitrogen and oxygen atoms in total. The number of aromatic nitrogens is 1. The minimum absolute atomic E-state index is 0.512. The topological polar surface area (TPSA) is 75.8 Å². The molecule has 0 bridgehead atoms. The van der Waals surface area contributed by atoms with E-state index in [1.165, 1.54) is 19.3 Å². The summed E-state index contributed by atoms with van der Waals surface area (Å²) in [4.78, 5) is 11.2. The summed E-state index contributed by atoms with van der Waals surface area (Å²) in [5.74, 6) is 1.51. The fraction of sp³-hybridized carbons (Fsp3) is 0.647. The highest BCUT2D eigenvalue weighted by Gasteiger charge is 2.15. The Hall–Kier alpha value is -1.82. The molecule has 0 unspecified atom stereocenters. The second kappa shape index (κ2) is 10.0. The Morgan fingerprint density at radius 1 is 1.35 bits per heavy atom. The fourth-order valence-corrected chi connectivity index (χ4v) is 2.61. The predicted molar refractivity (Wildman–Crippen MR) is 94.7 cm³/mol. The first-order valence-electron chi connectivity index (χ1n) is 8.61. The van der Waals surface area contributed by atoms with E-state index in [1.807, 2.05) is 12.3 Å². The van der Waals surface area contributed by atoms with E-state index < -0.39 is 0 Å². The van der Waals surface area contributed by atoms with Crippen LogP contribution >= 0.6 is 0 Å². The van der Waals surface area contributed by atoms with Crippen molar-refractivity contribution in [2.75, 3.05) is 37.7 Å². The van der Waals surface area contributed by atoms with Gasteiger partial charge in [0, 0.05) is 31.4 Å². The number of hydrogen-bond donors (Lipinski definition) is 2. The third kappa shape index (κ3) is 6.06. The molecule has 23 heavy (non-hydrogen) atoms. The Bertz CT molecular complexity index is 486. The first-order valence-corrected chi connectivity index (χ1v) is 8.61. The lowest BCUT2D eigenvalue weighted by molar-refractivity contribution is 0.122. The van der Waals surface area contributed by atoms with Gasteiger partial charge in [0.1, 0.15) is 5.82 Å². The van der Waals surface area contributed by atoms with Gasteiger partial charge in [-0.3, -0.25) is 0 Å². The Labute approximate surface area is 139 Å². The van der Waals surface area contributed by atoms with Crippen LogP contribution in [0.2, 0.25) is 0 Å². The molecule has 1 aliphatic heterocycles. The van der Waals surface area contributed by atoms with Gasteiger partial charge >= 0.3 is 0 Å². The normalized spacial score (nSPS) is 15.7. The van der Waals surface area contributed by atoms with Crippen molar-refractivity contribution in [1.82, 2.24) is 10.3 Å². The maximum absolute atomic E-state index is 5.95. The zero-order valence-corrected chi connectivity index (χ0v) is 14.1. The standard InChI is InChI=1S/C17H29N5O/c1-2-3-4-5-8-20-17(18)21-14-15-7-6-9-19-16(15)22-10-12-23-13-11-22/h6-7,9H,2-5,8,10-14H2,1H3,(H3,18,20,21). The van der Waals surface area contributed by atoms with Crippen LogP contribution in [0.1, 0.15) is 38.2 Å². The maximum Gasteiger partial charge on any atom is 0.188 e. The second-order valence-electron chi connectivity index (χ2n) is 5.77. The van der Waals surface area contributed by atoms with Gasteiger partial charge in [-0.15, -0.1) is 0 Å². The molecule has 0 spiro atoms. The van der Waals surface area contributed by atoms with Crippen LogP contribution in [0.25, 0.3) is 0 Å². The van der Waals surface area contributed by atoms with Crippen molar-refractivity contribution in [3.05, 3.63) is 23.9 Å². The van der Waals surface area contributed by atoms with Crippen LogP contribution in [0, 0.1) is 0 Å². The van der Waals surface area contributed by atoms with E-state index in [1.54, 1.807) is 0 Å². The highest BCUT2D eigenvalue weighted by molar-refractivity contribution is 5.77. The Morgan fingerprint density at radius 2 is 2.17 bits per heavy atom. The first kappa shape index (κ1) is 17.5. The minimum atomic E-state index is 0.512. The van der Waals surface area contributed by atoms with Crippen LogP contribution in [0.5, 0.6) is 0 Å². The van der Waals surface area contributed by atoms with Gasteiger partial charge in [0.2, 0.25) is 0 Å². The molecule has 1 saturated heterocycles. The zero-order valence-electron chi connectivity index (χ0n) is 14.1. The van der Waals surface area contributed by atoms with Crippen LogP contribution in [0.3, 0.4) is 0 Å². The number of nitrogens with one attached hydrogen (secondary N) is 1. The number of anilines is 1. The summed E-state index contributed by atoms with van der Waals surface area (Å²) >= 11 is 0. The summed E-state index contributed by atoms with van der Waals surface area (Å²) in [5.41, 5.74) is 7.05. The third-order valence-electron chi connectivity index (χ3n) is 3.93. The van der Waals surface area contributed by atoms with Crippen molar-refractivity contribution in [2.24, 2.45) is 10.7 Å². The van der Waals surface area contributed by atoms with Crippen LogP contribution in [-0.2, 0) is 11.3 Å². The molecule has 1 aromatic heterocycles. The summed E-state index contributed by atoms with van der Waals surface area (Å²) in [6.07, 6.45) is 6.72. The molecule has 0 atom stereocenters. The van der Waals surface area contributed by atoms with Gasteiger partial charge in [0.15, 0.2) is 5.96 Å². The quantitative estimate of drug-likeness (QED) is 0.435. The number of hydrogen-bond acceptors (Lipinski definition) is 4. The number of ether oxygens (including phenoxy) is 1. The molecule has 1 aromatic rings. The molecule has 1 fully saturated rings. The number of unbranched alkanes of at least 4 members (excludes halogenated alkanes) is 3. The van der Waals surface area contributed by atoms with Crippen molar-refractivity contribution in [3.8, 4) is 0 Å². The molecular formula is C17H29N5O. The molecule has 128 valence electrons. The van der Waals surface area contributed by atoms with E-state index in [9.17, 15) is 0 Å². The molecular weight excluding hydrogens is 290 g/mol. The molecule has 1 aliphatic rings. The van der Waals surface area contributed by atoms with Gasteiger partial charge in [0.05, 0.1) is 19.8 Å². The van der Waals surface area contributed by atoms with Crippen molar-refractivity contribution in [3.63, 3.8) is 0 Å². The van der Waals surface area contributed by atoms with Gasteiger partial charge in [-0.25, -0.2) is 9.98 Å². The number of rotatable bonds is 8. The lowest BCUT2D eigenvalue weighted by atomic mass is 10.2. The van der Waals surface area contributed by atoms with Gasteiger partial charge in [-0.1, -0.05) is 32.3 Å². The summed E-state index contributed by atoms with van der Waals surface area (Å²) < 4.78 is 5.40. The number of aliphatic imine (C=N–C) groups is 1. The maximum atomic E-state index is 5.95. The number of nitrogens with zero attached hydrogens (tertiary/aromatic N) is 3. The van der Waals surface area contributed by atoms with Gasteiger partial charge in [-0.05, 0) is 12.5 Å². The lowest BCUT2D eigenvalue weighted by Crippen LogP contribution is -2.37. The Morgan fingerprint density at radius 3 is 2.96 bits per heavy atom. The Balaban J connectivity index is 1.85. The predicted octanol–water partition coefficient (Wildman–Crippen LogP) is 1.90. The van der Waals surface area contributed by atoms with E-state index in [4.69, 9.17) is 10.5 Å². The SMILES string of the molecule is CCCCCCNC(N)=NCc1cccnc1N1CCOCC1. The molecule has 2 rings (SSSR count). The first-order chi connectivity index (χ1) is 11.3. The fourth-order valence-electron chi connectivity index (χ4n) is 2.61. The minimum Gasteiger partial charge on any atom is -0.378 e.